The lowest BCUT2D eigenvalue weighted by atomic mass is 10.0. The highest BCUT2D eigenvalue weighted by atomic mass is 16.6. The van der Waals surface area contributed by atoms with E-state index in [2.05, 4.69) is 20.8 Å². The molecule has 0 aliphatic rings. The van der Waals surface area contributed by atoms with Crippen LogP contribution in [0.4, 0.5) is 0 Å². The number of ether oxygens (including phenoxy) is 4. The molecule has 1 unspecified atom stereocenters. The van der Waals surface area contributed by atoms with E-state index < -0.39 is 0 Å². The molecule has 5 nitrogen and oxygen atoms in total. The lowest BCUT2D eigenvalue weighted by Gasteiger charge is -2.10. The molecule has 0 saturated carbocycles. The van der Waals surface area contributed by atoms with E-state index in [1.165, 1.54) is 83.5 Å². The Kier molecular flexibility index (Phi) is 28.0. The summed E-state index contributed by atoms with van der Waals surface area (Å²) in [6.07, 6.45) is 21.6. The SMILES string of the molecule is CCCCCCCCCCCCCCCCCC(=O)OCCOCCOCCOCC(C)CC. The topological polar surface area (TPSA) is 54.0 Å². The van der Waals surface area contributed by atoms with Crippen LogP contribution in [0.2, 0.25) is 0 Å². The van der Waals surface area contributed by atoms with Gasteiger partial charge in [-0.05, 0) is 12.3 Å². The molecule has 0 aromatic carbocycles. The first kappa shape index (κ1) is 33.4. The lowest BCUT2D eigenvalue weighted by Crippen LogP contribution is -2.14. The molecule has 0 radical (unpaired) electrons. The second kappa shape index (κ2) is 28.6. The van der Waals surface area contributed by atoms with Crippen molar-refractivity contribution in [3.8, 4) is 0 Å². The number of hydrogen-bond acceptors (Lipinski definition) is 5. The lowest BCUT2D eigenvalue weighted by molar-refractivity contribution is -0.145. The Bertz CT molecular complexity index is 402. The van der Waals surface area contributed by atoms with Gasteiger partial charge in [0.25, 0.3) is 0 Å². The summed E-state index contributed by atoms with van der Waals surface area (Å²) in [5.41, 5.74) is 0. The van der Waals surface area contributed by atoms with Crippen molar-refractivity contribution >= 4 is 5.97 Å². The van der Waals surface area contributed by atoms with E-state index in [1.54, 1.807) is 0 Å². The van der Waals surface area contributed by atoms with Gasteiger partial charge in [-0.1, -0.05) is 117 Å². The van der Waals surface area contributed by atoms with Crippen molar-refractivity contribution < 1.29 is 23.7 Å². The third kappa shape index (κ3) is 27.6. The molecule has 5 heteroatoms. The Hall–Kier alpha value is -0.650. The monoisotopic (exact) mass is 486 g/mol. The van der Waals surface area contributed by atoms with Crippen LogP contribution < -0.4 is 0 Å². The van der Waals surface area contributed by atoms with Crippen LogP contribution in [0.1, 0.15) is 130 Å². The summed E-state index contributed by atoms with van der Waals surface area (Å²) in [6, 6.07) is 0. The minimum absolute atomic E-state index is 0.104. The Morgan fingerprint density at radius 1 is 0.559 bits per heavy atom. The number of rotatable bonds is 28. The van der Waals surface area contributed by atoms with E-state index in [0.29, 0.717) is 52.0 Å². The van der Waals surface area contributed by atoms with E-state index in [0.717, 1.165) is 25.9 Å². The van der Waals surface area contributed by atoms with Crippen LogP contribution in [0.25, 0.3) is 0 Å². The van der Waals surface area contributed by atoms with E-state index in [-0.39, 0.29) is 5.97 Å². The normalized spacial score (nSPS) is 12.2. The van der Waals surface area contributed by atoms with Crippen LogP contribution in [-0.4, -0.2) is 52.2 Å². The summed E-state index contributed by atoms with van der Waals surface area (Å²) in [7, 11) is 0. The highest BCUT2D eigenvalue weighted by Crippen LogP contribution is 2.13. The third-order valence-corrected chi connectivity index (χ3v) is 6.32. The number of carbonyl (C=O) groups is 1. The molecule has 0 N–H and O–H groups in total. The summed E-state index contributed by atoms with van der Waals surface area (Å²) in [5, 5.41) is 0. The van der Waals surface area contributed by atoms with Crippen LogP contribution in [-0.2, 0) is 23.7 Å². The molecule has 0 rings (SSSR count). The fourth-order valence-corrected chi connectivity index (χ4v) is 3.77. The van der Waals surface area contributed by atoms with Crippen molar-refractivity contribution in [3.05, 3.63) is 0 Å². The van der Waals surface area contributed by atoms with Crippen molar-refractivity contribution in [2.45, 2.75) is 130 Å². The molecule has 0 spiro atoms. The second-order valence-electron chi connectivity index (χ2n) is 9.73. The van der Waals surface area contributed by atoms with Crippen LogP contribution in [0.5, 0.6) is 0 Å². The standard InChI is InChI=1S/C29H58O5/c1-4-6-7-8-9-10-11-12-13-14-15-16-17-18-19-20-29(30)34-26-25-32-22-21-31-23-24-33-27-28(3)5-2/h28H,4-27H2,1-3H3. The van der Waals surface area contributed by atoms with Crippen molar-refractivity contribution in [3.63, 3.8) is 0 Å². The average molecular weight is 487 g/mol. The molecule has 0 saturated heterocycles. The minimum atomic E-state index is -0.104. The van der Waals surface area contributed by atoms with Gasteiger partial charge >= 0.3 is 5.97 Å². The Labute approximate surface area is 212 Å². The quantitative estimate of drug-likeness (QED) is 0.0831. The minimum Gasteiger partial charge on any atom is -0.463 e. The molecule has 0 fully saturated rings. The van der Waals surface area contributed by atoms with E-state index in [4.69, 9.17) is 18.9 Å². The van der Waals surface area contributed by atoms with Crippen molar-refractivity contribution in [1.82, 2.24) is 0 Å². The van der Waals surface area contributed by atoms with Gasteiger partial charge in [0.1, 0.15) is 6.61 Å². The first-order valence-corrected chi connectivity index (χ1v) is 14.6. The molecule has 0 bridgehead atoms. The first-order chi connectivity index (χ1) is 16.7. The van der Waals surface area contributed by atoms with Gasteiger partial charge in [-0.3, -0.25) is 4.79 Å². The van der Waals surface area contributed by atoms with Gasteiger partial charge in [0.05, 0.1) is 33.0 Å². The maximum atomic E-state index is 11.8. The van der Waals surface area contributed by atoms with Gasteiger partial charge in [-0.15, -0.1) is 0 Å². The zero-order valence-corrected chi connectivity index (χ0v) is 23.1. The average Bonchev–Trinajstić information content (AvgIpc) is 2.84. The molecule has 0 aliphatic carbocycles. The summed E-state index contributed by atoms with van der Waals surface area (Å²) >= 11 is 0. The van der Waals surface area contributed by atoms with Gasteiger partial charge < -0.3 is 18.9 Å². The van der Waals surface area contributed by atoms with E-state index >= 15 is 0 Å². The van der Waals surface area contributed by atoms with Crippen molar-refractivity contribution in [2.24, 2.45) is 5.92 Å². The summed E-state index contributed by atoms with van der Waals surface area (Å²) in [6.45, 7) is 10.5. The predicted molar refractivity (Wildman–Crippen MR) is 142 cm³/mol. The molecule has 34 heavy (non-hydrogen) atoms. The number of esters is 1. The van der Waals surface area contributed by atoms with Gasteiger partial charge in [0, 0.05) is 13.0 Å². The second-order valence-corrected chi connectivity index (χ2v) is 9.73. The molecular formula is C29H58O5. The van der Waals surface area contributed by atoms with Gasteiger partial charge in [-0.25, -0.2) is 0 Å². The van der Waals surface area contributed by atoms with Crippen LogP contribution >= 0.6 is 0 Å². The fraction of sp³-hybridized carbons (Fsp3) is 0.966. The maximum Gasteiger partial charge on any atom is 0.305 e. The van der Waals surface area contributed by atoms with E-state index in [1.807, 2.05) is 0 Å². The Morgan fingerprint density at radius 2 is 0.971 bits per heavy atom. The fourth-order valence-electron chi connectivity index (χ4n) is 3.77. The Balaban J connectivity index is 3.16. The van der Waals surface area contributed by atoms with Gasteiger partial charge in [0.2, 0.25) is 0 Å². The number of unbranched alkanes of at least 4 members (excludes halogenated alkanes) is 14. The zero-order chi connectivity index (χ0) is 25.0. The van der Waals surface area contributed by atoms with Gasteiger partial charge in [-0.2, -0.15) is 0 Å². The Morgan fingerprint density at radius 3 is 1.44 bits per heavy atom. The predicted octanol–water partition coefficient (Wildman–Crippen LogP) is 7.89. The molecular weight excluding hydrogens is 428 g/mol. The molecule has 1 atom stereocenters. The first-order valence-electron chi connectivity index (χ1n) is 14.6. The highest BCUT2D eigenvalue weighted by Gasteiger charge is 2.03. The van der Waals surface area contributed by atoms with Crippen molar-refractivity contribution in [2.75, 3.05) is 46.2 Å². The smallest absolute Gasteiger partial charge is 0.305 e. The highest BCUT2D eigenvalue weighted by molar-refractivity contribution is 5.69. The maximum absolute atomic E-state index is 11.8. The summed E-state index contributed by atoms with van der Waals surface area (Å²) in [5.74, 6) is 0.498. The summed E-state index contributed by atoms with van der Waals surface area (Å²) in [4.78, 5) is 11.8. The molecule has 0 aromatic rings. The van der Waals surface area contributed by atoms with Crippen LogP contribution in [0.15, 0.2) is 0 Å². The van der Waals surface area contributed by atoms with Crippen LogP contribution in [0, 0.1) is 5.92 Å². The van der Waals surface area contributed by atoms with E-state index in [9.17, 15) is 4.79 Å². The molecule has 204 valence electrons. The number of carbonyl (C=O) groups excluding carboxylic acids is 1. The zero-order valence-electron chi connectivity index (χ0n) is 23.1. The van der Waals surface area contributed by atoms with Crippen molar-refractivity contribution in [1.29, 1.82) is 0 Å². The largest absolute Gasteiger partial charge is 0.463 e. The van der Waals surface area contributed by atoms with Crippen LogP contribution in [0.3, 0.4) is 0 Å². The van der Waals surface area contributed by atoms with Gasteiger partial charge in [0.15, 0.2) is 0 Å². The third-order valence-electron chi connectivity index (χ3n) is 6.32. The molecule has 0 aromatic heterocycles. The number of hydrogen-bond donors (Lipinski definition) is 0. The molecule has 0 heterocycles. The molecule has 0 aliphatic heterocycles. The molecule has 0 amide bonds. The summed E-state index contributed by atoms with van der Waals surface area (Å²) < 4.78 is 21.6.